The van der Waals surface area contributed by atoms with Gasteiger partial charge in [-0.3, -0.25) is 23.6 Å². The fourth-order valence-corrected chi connectivity index (χ4v) is 4.35. The van der Waals surface area contributed by atoms with Gasteiger partial charge in [-0.15, -0.1) is 0 Å². The highest BCUT2D eigenvalue weighted by Crippen LogP contribution is 2.19. The number of amides is 2. The molecule has 2 aromatic heterocycles. The van der Waals surface area contributed by atoms with Crippen molar-refractivity contribution in [2.24, 2.45) is 14.1 Å². The van der Waals surface area contributed by atoms with E-state index < -0.39 is 0 Å². The third-order valence-corrected chi connectivity index (χ3v) is 6.42. The minimum absolute atomic E-state index is 0.0444. The summed E-state index contributed by atoms with van der Waals surface area (Å²) in [6.07, 6.45) is 2.55. The van der Waals surface area contributed by atoms with Crippen molar-refractivity contribution in [3.8, 4) is 0 Å². The predicted octanol–water partition coefficient (Wildman–Crippen LogP) is 0.560. The van der Waals surface area contributed by atoms with Crippen molar-refractivity contribution in [2.75, 3.05) is 18.8 Å². The Morgan fingerprint density at radius 2 is 2.00 bits per heavy atom. The third-order valence-electron chi connectivity index (χ3n) is 4.52. The minimum Gasteiger partial charge on any atom is -0.356 e. The average Bonchev–Trinajstić information content (AvgIpc) is 3.23. The van der Waals surface area contributed by atoms with Gasteiger partial charge in [0, 0.05) is 40.2 Å². The number of rotatable bonds is 7. The van der Waals surface area contributed by atoms with Crippen molar-refractivity contribution >= 4 is 63.5 Å². The van der Waals surface area contributed by atoms with E-state index >= 15 is 0 Å². The summed E-state index contributed by atoms with van der Waals surface area (Å²) < 4.78 is 5.74. The van der Waals surface area contributed by atoms with Crippen LogP contribution < -0.4 is 11.0 Å². The Kier molecular flexibility index (Phi) is 6.30. The molecule has 0 bridgehead atoms. The van der Waals surface area contributed by atoms with E-state index in [0.29, 0.717) is 46.4 Å². The Hall–Kier alpha value is -2.05. The quantitative estimate of drug-likeness (QED) is 0.497. The second kappa shape index (κ2) is 8.53. The van der Waals surface area contributed by atoms with Crippen molar-refractivity contribution in [3.05, 3.63) is 21.5 Å². The Morgan fingerprint density at radius 1 is 1.25 bits per heavy atom. The van der Waals surface area contributed by atoms with Gasteiger partial charge in [-0.05, 0) is 6.42 Å². The molecule has 0 saturated carbocycles. The van der Waals surface area contributed by atoms with E-state index in [1.165, 1.54) is 25.8 Å². The summed E-state index contributed by atoms with van der Waals surface area (Å²) >= 11 is 11.8. The van der Waals surface area contributed by atoms with Gasteiger partial charge < -0.3 is 9.88 Å². The van der Waals surface area contributed by atoms with Crippen LogP contribution in [0.4, 0.5) is 0 Å². The number of nitrogens with zero attached hydrogens (tertiary/aromatic N) is 5. The van der Waals surface area contributed by atoms with Gasteiger partial charge in [0.15, 0.2) is 5.65 Å². The highest BCUT2D eigenvalue weighted by molar-refractivity contribution is 8.23. The van der Waals surface area contributed by atoms with E-state index in [4.69, 9.17) is 24.4 Å². The lowest BCUT2D eigenvalue weighted by molar-refractivity contribution is -0.125. The molecule has 1 aliphatic heterocycles. The van der Waals surface area contributed by atoms with Crippen LogP contribution >= 0.6 is 36.2 Å². The molecule has 3 heterocycles. The smallest absolute Gasteiger partial charge is 0.330 e. The number of thioether (sulfide) groups is 1. The van der Waals surface area contributed by atoms with Gasteiger partial charge >= 0.3 is 5.69 Å². The van der Waals surface area contributed by atoms with Crippen molar-refractivity contribution in [3.63, 3.8) is 0 Å². The SMILES string of the molecule is Cn1c(=S)c2c(ncn2CCCNC(=O)CCN2C(=O)CSC2=S)n(C)c1=O. The van der Waals surface area contributed by atoms with Gasteiger partial charge in [-0.25, -0.2) is 9.78 Å². The summed E-state index contributed by atoms with van der Waals surface area (Å²) in [5.74, 6) is 0.186. The zero-order valence-corrected chi connectivity index (χ0v) is 18.0. The maximum absolute atomic E-state index is 12.1. The van der Waals surface area contributed by atoms with Gasteiger partial charge in [-0.2, -0.15) is 0 Å². The van der Waals surface area contributed by atoms with Crippen LogP contribution in [0.5, 0.6) is 0 Å². The van der Waals surface area contributed by atoms with E-state index in [0.717, 1.165) is 5.52 Å². The molecule has 2 aromatic rings. The molecule has 1 aliphatic rings. The van der Waals surface area contributed by atoms with E-state index in [1.807, 2.05) is 4.57 Å². The molecule has 0 atom stereocenters. The van der Waals surface area contributed by atoms with Gasteiger partial charge in [-0.1, -0.05) is 36.2 Å². The van der Waals surface area contributed by atoms with Crippen LogP contribution in [0.1, 0.15) is 12.8 Å². The molecule has 2 amide bonds. The molecular weight excluding hydrogens is 420 g/mol. The first kappa shape index (κ1) is 20.7. The molecule has 12 heteroatoms. The zero-order chi connectivity index (χ0) is 20.4. The number of thiocarbonyl (C=S) groups is 1. The summed E-state index contributed by atoms with van der Waals surface area (Å²) in [6.45, 7) is 1.40. The molecule has 1 fully saturated rings. The molecule has 9 nitrogen and oxygen atoms in total. The number of nitrogens with one attached hydrogen (secondary N) is 1. The molecular formula is C16H20N6O3S3. The van der Waals surface area contributed by atoms with E-state index in [-0.39, 0.29) is 23.9 Å². The fourth-order valence-electron chi connectivity index (χ4n) is 2.94. The molecule has 0 unspecified atom stereocenters. The molecule has 3 rings (SSSR count). The molecule has 0 aliphatic carbocycles. The number of carbonyl (C=O) groups is 2. The second-order valence-electron chi connectivity index (χ2n) is 6.37. The van der Waals surface area contributed by atoms with E-state index in [2.05, 4.69) is 10.3 Å². The second-order valence-corrected chi connectivity index (χ2v) is 8.37. The molecule has 28 heavy (non-hydrogen) atoms. The first-order valence-corrected chi connectivity index (χ1v) is 10.5. The maximum Gasteiger partial charge on any atom is 0.330 e. The average molecular weight is 441 g/mol. The van der Waals surface area contributed by atoms with Crippen LogP contribution in [-0.2, 0) is 30.2 Å². The Balaban J connectivity index is 1.52. The van der Waals surface area contributed by atoms with Crippen LogP contribution in [0.2, 0.25) is 0 Å². The van der Waals surface area contributed by atoms with Crippen LogP contribution in [0.15, 0.2) is 11.1 Å². The molecule has 1 saturated heterocycles. The third kappa shape index (κ3) is 4.03. The summed E-state index contributed by atoms with van der Waals surface area (Å²) in [5.41, 5.74) is 1.05. The van der Waals surface area contributed by atoms with E-state index in [1.54, 1.807) is 20.4 Å². The summed E-state index contributed by atoms with van der Waals surface area (Å²) in [5, 5.41) is 2.85. The van der Waals surface area contributed by atoms with Crippen molar-refractivity contribution in [1.82, 2.24) is 28.9 Å². The lowest BCUT2D eigenvalue weighted by atomic mass is 10.3. The maximum atomic E-state index is 12.1. The van der Waals surface area contributed by atoms with E-state index in [9.17, 15) is 14.4 Å². The lowest BCUT2D eigenvalue weighted by Gasteiger charge is -2.14. The van der Waals surface area contributed by atoms with Gasteiger partial charge in [0.1, 0.15) is 14.5 Å². The number of carbonyl (C=O) groups excluding carboxylic acids is 2. The Labute approximate surface area is 175 Å². The summed E-state index contributed by atoms with van der Waals surface area (Å²) in [4.78, 5) is 41.5. The predicted molar refractivity (Wildman–Crippen MR) is 114 cm³/mol. The Bertz CT molecular complexity index is 1050. The number of aromatic nitrogens is 4. The van der Waals surface area contributed by atoms with Crippen LogP contribution in [-0.4, -0.2) is 58.6 Å². The molecule has 150 valence electrons. The van der Waals surface area contributed by atoms with Crippen LogP contribution in [0, 0.1) is 4.64 Å². The Morgan fingerprint density at radius 3 is 2.68 bits per heavy atom. The van der Waals surface area contributed by atoms with Crippen molar-refractivity contribution in [2.45, 2.75) is 19.4 Å². The standard InChI is InChI=1S/C16H20N6O3S3/c1-19-13-12(14(26)20(2)15(19)25)21(9-18-13)6-3-5-17-10(23)4-7-22-11(24)8-28-16(22)27/h9H,3-8H2,1-2H3,(H,17,23). The molecule has 0 spiro atoms. The zero-order valence-electron chi connectivity index (χ0n) is 15.5. The van der Waals surface area contributed by atoms with Gasteiger partial charge in [0.25, 0.3) is 0 Å². The number of fused-ring (bicyclic) bond motifs is 1. The molecule has 0 radical (unpaired) electrons. The molecule has 1 N–H and O–H groups in total. The van der Waals surface area contributed by atoms with Crippen molar-refractivity contribution < 1.29 is 9.59 Å². The summed E-state index contributed by atoms with van der Waals surface area (Å²) in [6, 6.07) is 0. The number of hydrogen-bond donors (Lipinski definition) is 1. The minimum atomic E-state index is -0.218. The van der Waals surface area contributed by atoms with Crippen LogP contribution in [0.3, 0.4) is 0 Å². The van der Waals surface area contributed by atoms with Crippen LogP contribution in [0.25, 0.3) is 11.2 Å². The van der Waals surface area contributed by atoms with Crippen molar-refractivity contribution in [1.29, 1.82) is 0 Å². The number of hydrogen-bond acceptors (Lipinski definition) is 7. The normalized spacial score (nSPS) is 14.3. The first-order valence-electron chi connectivity index (χ1n) is 8.66. The highest BCUT2D eigenvalue weighted by atomic mass is 32.2. The number of imidazole rings is 1. The largest absolute Gasteiger partial charge is 0.356 e. The van der Waals surface area contributed by atoms with Gasteiger partial charge in [0.05, 0.1) is 12.1 Å². The monoisotopic (exact) mass is 440 g/mol. The topological polar surface area (TPSA) is 94.2 Å². The highest BCUT2D eigenvalue weighted by Gasteiger charge is 2.26. The summed E-state index contributed by atoms with van der Waals surface area (Å²) in [7, 11) is 3.29. The number of aryl methyl sites for hydroxylation is 2. The van der Waals surface area contributed by atoms with Gasteiger partial charge in [0.2, 0.25) is 11.8 Å². The molecule has 0 aromatic carbocycles. The first-order chi connectivity index (χ1) is 13.3. The fraction of sp³-hybridized carbons (Fsp3) is 0.500. The lowest BCUT2D eigenvalue weighted by Crippen LogP contribution is -2.34.